The quantitative estimate of drug-likeness (QED) is 0.286. The van der Waals surface area contributed by atoms with E-state index >= 15 is 0 Å². The molecule has 13 heteroatoms. The molecule has 6 heterocycles. The largest absolute Gasteiger partial charge is 0.396 e. The van der Waals surface area contributed by atoms with Gasteiger partial charge in [-0.05, 0) is 43.9 Å². The summed E-state index contributed by atoms with van der Waals surface area (Å²) in [4.78, 5) is 11.8. The number of hydrogen-bond acceptors (Lipinski definition) is 9. The fourth-order valence-corrected chi connectivity index (χ4v) is 7.52. The number of aromatic nitrogens is 6. The highest BCUT2D eigenvalue weighted by atomic mass is 32.2. The van der Waals surface area contributed by atoms with Gasteiger partial charge in [0.05, 0.1) is 36.8 Å². The third-order valence-corrected chi connectivity index (χ3v) is 10.6. The molecule has 1 saturated carbocycles. The van der Waals surface area contributed by atoms with Crippen LogP contribution in [0.5, 0.6) is 0 Å². The van der Waals surface area contributed by atoms with Gasteiger partial charge in [-0.25, -0.2) is 22.6 Å². The molecular weight excluding hydrogens is 544 g/mol. The number of hydrogen-bond donors (Lipinski definition) is 3. The van der Waals surface area contributed by atoms with Gasteiger partial charge in [-0.2, -0.15) is 4.98 Å². The lowest BCUT2D eigenvalue weighted by molar-refractivity contribution is -0.0714. The molecule has 3 aliphatic heterocycles. The van der Waals surface area contributed by atoms with Crippen molar-refractivity contribution >= 4 is 27.3 Å². The van der Waals surface area contributed by atoms with Crippen molar-refractivity contribution in [3.63, 3.8) is 0 Å². The second-order valence-corrected chi connectivity index (χ2v) is 14.1. The van der Waals surface area contributed by atoms with Crippen LogP contribution in [0.2, 0.25) is 0 Å². The van der Waals surface area contributed by atoms with Gasteiger partial charge in [0, 0.05) is 23.9 Å². The van der Waals surface area contributed by atoms with Gasteiger partial charge < -0.3 is 14.7 Å². The highest BCUT2D eigenvalue weighted by Gasteiger charge is 2.74. The summed E-state index contributed by atoms with van der Waals surface area (Å²) in [5, 5.41) is 22.2. The SMILES string of the molecule is CCS(=O)(=O)Nc1n[nH]c(C2C3(CO)COC2(c2nc4c(C)cc(N5CC[C@](C)(c6ccccc6)C5)cn4n2)C3)n1. The molecule has 4 aliphatic rings. The zero-order chi connectivity index (χ0) is 28.6. The first-order chi connectivity index (χ1) is 19.6. The van der Waals surface area contributed by atoms with Gasteiger partial charge in [0.1, 0.15) is 11.4 Å². The molecule has 0 amide bonds. The number of aliphatic hydroxyl groups excluding tert-OH is 1. The minimum atomic E-state index is -3.54. The smallest absolute Gasteiger partial charge is 0.255 e. The first kappa shape index (κ1) is 26.4. The van der Waals surface area contributed by atoms with E-state index in [2.05, 4.69) is 68.1 Å². The molecule has 0 radical (unpaired) electrons. The number of nitrogens with one attached hydrogen (secondary N) is 2. The zero-order valence-electron chi connectivity index (χ0n) is 23.3. The van der Waals surface area contributed by atoms with Gasteiger partial charge in [-0.3, -0.25) is 5.10 Å². The Morgan fingerprint density at radius 3 is 2.80 bits per heavy atom. The lowest BCUT2D eigenvalue weighted by Gasteiger charge is -2.49. The molecule has 1 aliphatic carbocycles. The van der Waals surface area contributed by atoms with Gasteiger partial charge in [0.25, 0.3) is 5.95 Å². The number of ether oxygens (including phenoxy) is 1. The number of aryl methyl sites for hydroxylation is 1. The molecule has 8 rings (SSSR count). The minimum absolute atomic E-state index is 0.0343. The summed E-state index contributed by atoms with van der Waals surface area (Å²) in [7, 11) is -3.54. The Hall–Kier alpha value is -3.55. The van der Waals surface area contributed by atoms with Crippen molar-refractivity contribution in [2.24, 2.45) is 5.41 Å². The normalized spacial score (nSPS) is 29.3. The van der Waals surface area contributed by atoms with Gasteiger partial charge in [-0.1, -0.05) is 37.3 Å². The van der Waals surface area contributed by atoms with Gasteiger partial charge in [0.2, 0.25) is 10.0 Å². The van der Waals surface area contributed by atoms with E-state index in [-0.39, 0.29) is 23.7 Å². The van der Waals surface area contributed by atoms with Crippen LogP contribution in [0.1, 0.15) is 55.4 Å². The van der Waals surface area contributed by atoms with Crippen LogP contribution in [0.3, 0.4) is 0 Å². The molecular formula is C28H34N8O4S. The van der Waals surface area contributed by atoms with Crippen LogP contribution in [0.25, 0.3) is 5.65 Å². The van der Waals surface area contributed by atoms with Crippen molar-refractivity contribution in [3.8, 4) is 0 Å². The topological polar surface area (TPSA) is 151 Å². The number of benzene rings is 1. The third-order valence-electron chi connectivity index (χ3n) is 9.32. The first-order valence-electron chi connectivity index (χ1n) is 14.0. The maximum absolute atomic E-state index is 12.0. The number of rotatable bonds is 8. The molecule has 216 valence electrons. The van der Waals surface area contributed by atoms with Crippen molar-refractivity contribution in [1.82, 2.24) is 29.8 Å². The maximum atomic E-state index is 12.0. The Balaban J connectivity index is 1.21. The fraction of sp³-hybridized carbons (Fsp3) is 0.500. The average Bonchev–Trinajstić information content (AvgIpc) is 3.77. The summed E-state index contributed by atoms with van der Waals surface area (Å²) >= 11 is 0. The molecule has 3 N–H and O–H groups in total. The highest BCUT2D eigenvalue weighted by Crippen LogP contribution is 2.70. The predicted molar refractivity (Wildman–Crippen MR) is 152 cm³/mol. The second-order valence-electron chi connectivity index (χ2n) is 12.0. The number of aliphatic hydroxyl groups is 1. The molecule has 2 bridgehead atoms. The van der Waals surface area contributed by atoms with Crippen LogP contribution < -0.4 is 9.62 Å². The van der Waals surface area contributed by atoms with Gasteiger partial charge in [0.15, 0.2) is 11.5 Å². The van der Waals surface area contributed by atoms with E-state index in [1.165, 1.54) is 5.56 Å². The average molecular weight is 579 g/mol. The molecule has 4 atom stereocenters. The third kappa shape index (κ3) is 3.97. The summed E-state index contributed by atoms with van der Waals surface area (Å²) in [6.45, 7) is 7.97. The van der Waals surface area contributed by atoms with Crippen LogP contribution in [0.15, 0.2) is 42.6 Å². The predicted octanol–water partition coefficient (Wildman–Crippen LogP) is 2.48. The van der Waals surface area contributed by atoms with Crippen molar-refractivity contribution in [2.75, 3.05) is 41.7 Å². The Bertz CT molecular complexity index is 1740. The summed E-state index contributed by atoms with van der Waals surface area (Å²) in [5.74, 6) is 0.420. The van der Waals surface area contributed by atoms with Crippen molar-refractivity contribution in [1.29, 1.82) is 0 Å². The van der Waals surface area contributed by atoms with Gasteiger partial charge in [-0.15, -0.1) is 10.2 Å². The molecule has 4 aromatic rings. The lowest BCUT2D eigenvalue weighted by atomic mass is 9.53. The summed E-state index contributed by atoms with van der Waals surface area (Å²) < 4.78 is 34.6. The van der Waals surface area contributed by atoms with E-state index in [4.69, 9.17) is 14.8 Å². The first-order valence-corrected chi connectivity index (χ1v) is 15.6. The molecule has 3 unspecified atom stereocenters. The standard InChI is InChI=1S/C28H34N8O4S/c1-4-41(38,39)34-25-29-22(31-32-25)21-27(16-37)14-28(21,40-17-27)24-30-23-18(2)12-20(13-36(23)33-24)35-11-10-26(3,15-35)19-8-6-5-7-9-19/h5-9,12-13,21,37H,4,10-11,14-17H2,1-3H3,(H2,29,31,32,34)/t21?,26-,27?,28?/m0/s1. The number of sulfonamides is 1. The van der Waals surface area contributed by atoms with E-state index in [0.717, 1.165) is 36.4 Å². The molecule has 4 fully saturated rings. The maximum Gasteiger partial charge on any atom is 0.255 e. The number of anilines is 2. The van der Waals surface area contributed by atoms with Crippen molar-refractivity contribution in [3.05, 3.63) is 65.4 Å². The lowest BCUT2D eigenvalue weighted by Crippen LogP contribution is -2.53. The van der Waals surface area contributed by atoms with Crippen LogP contribution in [-0.2, 0) is 25.8 Å². The summed E-state index contributed by atoms with van der Waals surface area (Å²) in [5.41, 5.74) is 2.78. The van der Waals surface area contributed by atoms with Crippen LogP contribution in [0, 0.1) is 12.3 Å². The van der Waals surface area contributed by atoms with E-state index in [1.807, 2.05) is 17.6 Å². The number of fused-ring (bicyclic) bond motifs is 2. The van der Waals surface area contributed by atoms with E-state index in [9.17, 15) is 13.5 Å². The molecule has 12 nitrogen and oxygen atoms in total. The monoisotopic (exact) mass is 578 g/mol. The Kier molecular flexibility index (Phi) is 5.77. The molecule has 3 aromatic heterocycles. The Labute approximate surface area is 238 Å². The molecule has 0 spiro atoms. The Morgan fingerprint density at radius 1 is 1.24 bits per heavy atom. The Morgan fingerprint density at radius 2 is 2.05 bits per heavy atom. The van der Waals surface area contributed by atoms with E-state index in [0.29, 0.717) is 24.7 Å². The van der Waals surface area contributed by atoms with E-state index < -0.39 is 27.0 Å². The number of aromatic amines is 1. The van der Waals surface area contributed by atoms with Crippen molar-refractivity contribution < 1.29 is 18.3 Å². The second kappa shape index (κ2) is 8.97. The summed E-state index contributed by atoms with van der Waals surface area (Å²) in [6.07, 6.45) is 3.62. The highest BCUT2D eigenvalue weighted by molar-refractivity contribution is 7.92. The zero-order valence-corrected chi connectivity index (χ0v) is 24.1. The molecule has 1 aromatic carbocycles. The summed E-state index contributed by atoms with van der Waals surface area (Å²) in [6, 6.07) is 12.8. The number of nitrogens with zero attached hydrogens (tertiary/aromatic N) is 6. The van der Waals surface area contributed by atoms with Gasteiger partial charge >= 0.3 is 0 Å². The van der Waals surface area contributed by atoms with E-state index in [1.54, 1.807) is 6.92 Å². The van der Waals surface area contributed by atoms with Crippen LogP contribution in [0.4, 0.5) is 11.6 Å². The molecule has 41 heavy (non-hydrogen) atoms. The molecule has 3 saturated heterocycles. The number of pyridine rings is 1. The fourth-order valence-electron chi connectivity index (χ4n) is 7.01. The van der Waals surface area contributed by atoms with Crippen LogP contribution in [-0.4, -0.2) is 75.4 Å². The minimum Gasteiger partial charge on any atom is -0.396 e. The van der Waals surface area contributed by atoms with Crippen LogP contribution >= 0.6 is 0 Å². The number of H-pyrrole nitrogens is 1. The van der Waals surface area contributed by atoms with Crippen molar-refractivity contribution in [2.45, 2.75) is 50.5 Å².